The first-order valence-electron chi connectivity index (χ1n) is 9.12. The van der Waals surface area contributed by atoms with Crippen LogP contribution in [0.5, 0.6) is 23.0 Å². The lowest BCUT2D eigenvalue weighted by molar-refractivity contribution is 0.354. The number of fused-ring (bicyclic) bond motifs is 1. The zero-order chi connectivity index (χ0) is 19.9. The summed E-state index contributed by atoms with van der Waals surface area (Å²) in [5.74, 6) is 2.90. The van der Waals surface area contributed by atoms with Gasteiger partial charge in [0.15, 0.2) is 17.1 Å². The van der Waals surface area contributed by atoms with Crippen molar-refractivity contribution >= 4 is 11.0 Å². The van der Waals surface area contributed by atoms with Crippen molar-refractivity contribution in [1.82, 2.24) is 10.5 Å². The van der Waals surface area contributed by atoms with Gasteiger partial charge in [-0.05, 0) is 31.5 Å². The largest absolute Gasteiger partial charge is 0.497 e. The molecule has 0 saturated heterocycles. The maximum Gasteiger partial charge on any atom is 0.171 e. The number of ether oxygens (including phenoxy) is 4. The third kappa shape index (κ3) is 4.31. The van der Waals surface area contributed by atoms with E-state index < -0.39 is 0 Å². The van der Waals surface area contributed by atoms with E-state index in [1.165, 1.54) is 0 Å². The molecule has 0 aliphatic rings. The van der Waals surface area contributed by atoms with Crippen LogP contribution in [0.15, 0.2) is 34.9 Å². The Labute approximate surface area is 164 Å². The molecule has 0 amide bonds. The van der Waals surface area contributed by atoms with Gasteiger partial charge >= 0.3 is 0 Å². The number of aromatic nitrogens is 1. The molecule has 1 N–H and O–H groups in total. The molecule has 2 aromatic carbocycles. The Morgan fingerprint density at radius 3 is 2.36 bits per heavy atom. The number of nitrogens with one attached hydrogen (secondary N) is 1. The minimum absolute atomic E-state index is 0.632. The first-order valence-corrected chi connectivity index (χ1v) is 9.12. The predicted octanol–water partition coefficient (Wildman–Crippen LogP) is 3.58. The summed E-state index contributed by atoms with van der Waals surface area (Å²) in [6.45, 7) is 1.56. The van der Waals surface area contributed by atoms with Gasteiger partial charge in [0.2, 0.25) is 0 Å². The topological polar surface area (TPSA) is 75.0 Å². The average Bonchev–Trinajstić information content (AvgIpc) is 3.14. The van der Waals surface area contributed by atoms with Crippen molar-refractivity contribution in [3.05, 3.63) is 41.6 Å². The van der Waals surface area contributed by atoms with Crippen LogP contribution in [0, 0.1) is 0 Å². The second-order valence-corrected chi connectivity index (χ2v) is 6.29. The summed E-state index contributed by atoms with van der Waals surface area (Å²) in [6.07, 6.45) is 1.73. The van der Waals surface area contributed by atoms with Gasteiger partial charge in [-0.3, -0.25) is 0 Å². The van der Waals surface area contributed by atoms with Gasteiger partial charge in [-0.2, -0.15) is 0 Å². The predicted molar refractivity (Wildman–Crippen MR) is 107 cm³/mol. The van der Waals surface area contributed by atoms with Crippen LogP contribution in [0.25, 0.3) is 11.0 Å². The van der Waals surface area contributed by atoms with E-state index in [1.54, 1.807) is 34.5 Å². The first kappa shape index (κ1) is 19.8. The fraction of sp³-hybridized carbons (Fsp3) is 0.381. The van der Waals surface area contributed by atoms with Gasteiger partial charge < -0.3 is 28.8 Å². The highest BCUT2D eigenvalue weighted by Gasteiger charge is 2.13. The zero-order valence-corrected chi connectivity index (χ0v) is 16.7. The fourth-order valence-electron chi connectivity index (χ4n) is 3.10. The summed E-state index contributed by atoms with van der Waals surface area (Å²) >= 11 is 0. The highest BCUT2D eigenvalue weighted by molar-refractivity contribution is 5.83. The smallest absolute Gasteiger partial charge is 0.171 e. The monoisotopic (exact) mass is 386 g/mol. The number of rotatable bonds is 10. The summed E-state index contributed by atoms with van der Waals surface area (Å²) in [5.41, 5.74) is 2.70. The molecule has 0 unspecified atom stereocenters. The Morgan fingerprint density at radius 1 is 0.893 bits per heavy atom. The summed E-state index contributed by atoms with van der Waals surface area (Å²) in [4.78, 5) is 0. The number of hydrogen-bond acceptors (Lipinski definition) is 7. The maximum atomic E-state index is 5.44. The molecule has 0 bridgehead atoms. The van der Waals surface area contributed by atoms with Crippen LogP contribution >= 0.6 is 0 Å². The van der Waals surface area contributed by atoms with E-state index in [1.807, 2.05) is 24.3 Å². The van der Waals surface area contributed by atoms with Crippen LogP contribution in [0.4, 0.5) is 0 Å². The van der Waals surface area contributed by atoms with E-state index in [2.05, 4.69) is 10.5 Å². The summed E-state index contributed by atoms with van der Waals surface area (Å²) in [6, 6.07) is 9.55. The molecule has 0 spiro atoms. The molecule has 7 nitrogen and oxygen atoms in total. The molecule has 0 aliphatic heterocycles. The Morgan fingerprint density at radius 2 is 1.64 bits per heavy atom. The average molecular weight is 386 g/mol. The van der Waals surface area contributed by atoms with Gasteiger partial charge in [0.1, 0.15) is 11.5 Å². The van der Waals surface area contributed by atoms with Gasteiger partial charge in [-0.25, -0.2) is 0 Å². The Bertz CT molecular complexity index is 923. The molecule has 3 rings (SSSR count). The SMILES string of the molecule is COc1ccc(CNCCCc2noc3cc(OC)c(OC)cc23)c(OC)c1. The number of aryl methyl sites for hydroxylation is 1. The highest BCUT2D eigenvalue weighted by Crippen LogP contribution is 2.33. The summed E-state index contributed by atoms with van der Waals surface area (Å²) < 4.78 is 26.8. The maximum absolute atomic E-state index is 5.44. The van der Waals surface area contributed by atoms with Crippen molar-refractivity contribution in [2.45, 2.75) is 19.4 Å². The van der Waals surface area contributed by atoms with Crippen molar-refractivity contribution < 1.29 is 23.5 Å². The Hall–Kier alpha value is -2.93. The highest BCUT2D eigenvalue weighted by atomic mass is 16.5. The van der Waals surface area contributed by atoms with Crippen LogP contribution in [0.1, 0.15) is 17.7 Å². The van der Waals surface area contributed by atoms with Crippen molar-refractivity contribution in [3.8, 4) is 23.0 Å². The van der Waals surface area contributed by atoms with Crippen molar-refractivity contribution in [2.24, 2.45) is 0 Å². The minimum Gasteiger partial charge on any atom is -0.497 e. The van der Waals surface area contributed by atoms with E-state index in [0.29, 0.717) is 17.1 Å². The van der Waals surface area contributed by atoms with Crippen molar-refractivity contribution in [2.75, 3.05) is 35.0 Å². The first-order chi connectivity index (χ1) is 13.7. The van der Waals surface area contributed by atoms with Gasteiger partial charge in [0.05, 0.1) is 34.1 Å². The third-order valence-corrected chi connectivity index (χ3v) is 4.63. The van der Waals surface area contributed by atoms with E-state index >= 15 is 0 Å². The second-order valence-electron chi connectivity index (χ2n) is 6.29. The summed E-state index contributed by atoms with van der Waals surface area (Å²) in [7, 11) is 6.53. The minimum atomic E-state index is 0.632. The van der Waals surface area contributed by atoms with E-state index in [9.17, 15) is 0 Å². The van der Waals surface area contributed by atoms with Crippen molar-refractivity contribution in [1.29, 1.82) is 0 Å². The lowest BCUT2D eigenvalue weighted by Gasteiger charge is -2.11. The van der Waals surface area contributed by atoms with Crippen molar-refractivity contribution in [3.63, 3.8) is 0 Å². The molecule has 150 valence electrons. The van der Waals surface area contributed by atoms with Gasteiger partial charge in [0, 0.05) is 29.6 Å². The number of benzene rings is 2. The van der Waals surface area contributed by atoms with E-state index in [4.69, 9.17) is 23.5 Å². The molecule has 3 aromatic rings. The van der Waals surface area contributed by atoms with Gasteiger partial charge in [0.25, 0.3) is 0 Å². The van der Waals surface area contributed by atoms with Gasteiger partial charge in [-0.1, -0.05) is 11.2 Å². The molecule has 28 heavy (non-hydrogen) atoms. The lowest BCUT2D eigenvalue weighted by atomic mass is 10.1. The Balaban J connectivity index is 1.56. The molecule has 0 radical (unpaired) electrons. The molecule has 7 heteroatoms. The quantitative estimate of drug-likeness (QED) is 0.534. The molecule has 0 saturated carbocycles. The normalized spacial score (nSPS) is 10.9. The third-order valence-electron chi connectivity index (χ3n) is 4.63. The number of hydrogen-bond donors (Lipinski definition) is 1. The van der Waals surface area contributed by atoms with Crippen LogP contribution < -0.4 is 24.3 Å². The van der Waals surface area contributed by atoms with Crippen LogP contribution in [-0.4, -0.2) is 40.1 Å². The number of methoxy groups -OCH3 is 4. The standard InChI is InChI=1S/C21H26N2O5/c1-24-15-8-7-14(18(10-15)25-2)13-22-9-5-6-17-16-11-20(26-3)21(27-4)12-19(16)28-23-17/h7-8,10-12,22H,5-6,9,13H2,1-4H3. The van der Waals surface area contributed by atoms with E-state index in [0.717, 1.165) is 54.1 Å². The molecular weight excluding hydrogens is 360 g/mol. The molecule has 0 fully saturated rings. The Kier molecular flexibility index (Phi) is 6.60. The zero-order valence-electron chi connectivity index (χ0n) is 16.7. The van der Waals surface area contributed by atoms with Crippen LogP contribution in [0.3, 0.4) is 0 Å². The fourth-order valence-corrected chi connectivity index (χ4v) is 3.10. The molecule has 1 aromatic heterocycles. The van der Waals surface area contributed by atoms with E-state index in [-0.39, 0.29) is 0 Å². The van der Waals surface area contributed by atoms with Crippen LogP contribution in [0.2, 0.25) is 0 Å². The molecule has 0 aliphatic carbocycles. The lowest BCUT2D eigenvalue weighted by Crippen LogP contribution is -2.16. The molecule has 1 heterocycles. The van der Waals surface area contributed by atoms with Crippen LogP contribution in [-0.2, 0) is 13.0 Å². The summed E-state index contributed by atoms with van der Waals surface area (Å²) in [5, 5.41) is 8.60. The second kappa shape index (κ2) is 9.32. The molecular formula is C21H26N2O5. The molecule has 0 atom stereocenters. The number of nitrogens with zero attached hydrogens (tertiary/aromatic N) is 1. The van der Waals surface area contributed by atoms with Gasteiger partial charge in [-0.15, -0.1) is 0 Å².